The van der Waals surface area contributed by atoms with E-state index in [9.17, 15) is 9.90 Å². The summed E-state index contributed by atoms with van der Waals surface area (Å²) in [5.41, 5.74) is 5.31. The second kappa shape index (κ2) is 13.4. The summed E-state index contributed by atoms with van der Waals surface area (Å²) >= 11 is 0. The predicted octanol–water partition coefficient (Wildman–Crippen LogP) is 2.95. The third kappa shape index (κ3) is 7.28. The molecule has 9 heteroatoms. The summed E-state index contributed by atoms with van der Waals surface area (Å²) in [6.07, 6.45) is 0.982. The SMILES string of the molecule is Cc1cccc(C)c1N1CCN(C(=O)c2coc(CN3CCN(CC(O)COCc4ccccc4)CC3)n2)CC1. The molecule has 2 aliphatic rings. The van der Waals surface area contributed by atoms with Crippen LogP contribution in [0.15, 0.2) is 59.2 Å². The van der Waals surface area contributed by atoms with E-state index in [0.29, 0.717) is 51.0 Å². The fraction of sp³-hybridized carbons (Fsp3) is 0.484. The number of hydrogen-bond acceptors (Lipinski definition) is 8. The molecule has 0 spiro atoms. The van der Waals surface area contributed by atoms with Crippen LogP contribution in [0, 0.1) is 13.8 Å². The first-order chi connectivity index (χ1) is 19.5. The van der Waals surface area contributed by atoms with Gasteiger partial charge in [-0.2, -0.15) is 0 Å². The summed E-state index contributed by atoms with van der Waals surface area (Å²) in [5, 5.41) is 10.4. The number of aromatic nitrogens is 1. The Balaban J connectivity index is 1.02. The van der Waals surface area contributed by atoms with Crippen molar-refractivity contribution < 1.29 is 19.1 Å². The van der Waals surface area contributed by atoms with Crippen molar-refractivity contribution in [3.05, 3.63) is 83.1 Å². The zero-order valence-electron chi connectivity index (χ0n) is 23.7. The summed E-state index contributed by atoms with van der Waals surface area (Å²) in [6, 6.07) is 16.4. The topological polar surface area (TPSA) is 85.5 Å². The lowest BCUT2D eigenvalue weighted by Crippen LogP contribution is -2.49. The summed E-state index contributed by atoms with van der Waals surface area (Å²) in [4.78, 5) is 26.4. The Morgan fingerprint density at radius 2 is 1.60 bits per heavy atom. The van der Waals surface area contributed by atoms with E-state index >= 15 is 0 Å². The van der Waals surface area contributed by atoms with E-state index < -0.39 is 6.10 Å². The molecule has 0 saturated carbocycles. The first kappa shape index (κ1) is 28.3. The predicted molar refractivity (Wildman–Crippen MR) is 154 cm³/mol. The third-order valence-corrected chi connectivity index (χ3v) is 7.81. The lowest BCUT2D eigenvalue weighted by atomic mass is 10.1. The van der Waals surface area contributed by atoms with Crippen molar-refractivity contribution in [1.29, 1.82) is 0 Å². The number of aryl methyl sites for hydroxylation is 2. The van der Waals surface area contributed by atoms with Gasteiger partial charge in [-0.05, 0) is 30.5 Å². The van der Waals surface area contributed by atoms with E-state index in [1.807, 2.05) is 35.2 Å². The van der Waals surface area contributed by atoms with Gasteiger partial charge in [0, 0.05) is 64.6 Å². The number of benzene rings is 2. The molecule has 2 aromatic carbocycles. The van der Waals surface area contributed by atoms with Crippen molar-refractivity contribution in [2.75, 3.05) is 70.4 Å². The molecular weight excluding hydrogens is 506 g/mol. The van der Waals surface area contributed by atoms with Gasteiger partial charge in [-0.15, -0.1) is 0 Å². The number of piperazine rings is 2. The maximum atomic E-state index is 13.1. The summed E-state index contributed by atoms with van der Waals surface area (Å²) in [5.74, 6) is 0.504. The van der Waals surface area contributed by atoms with Crippen molar-refractivity contribution >= 4 is 11.6 Å². The summed E-state index contributed by atoms with van der Waals surface area (Å²) in [7, 11) is 0. The van der Waals surface area contributed by atoms with Gasteiger partial charge < -0.3 is 24.1 Å². The quantitative estimate of drug-likeness (QED) is 0.415. The molecule has 3 aromatic rings. The molecule has 2 fully saturated rings. The van der Waals surface area contributed by atoms with Crippen LogP contribution in [0.25, 0.3) is 0 Å². The number of hydrogen-bond donors (Lipinski definition) is 1. The molecule has 1 unspecified atom stereocenters. The molecule has 3 heterocycles. The Labute approximate surface area is 236 Å². The minimum Gasteiger partial charge on any atom is -0.447 e. The Morgan fingerprint density at radius 3 is 2.30 bits per heavy atom. The first-order valence-corrected chi connectivity index (χ1v) is 14.3. The maximum absolute atomic E-state index is 13.1. The number of oxazole rings is 1. The number of aliphatic hydroxyl groups is 1. The van der Waals surface area contributed by atoms with Crippen molar-refractivity contribution in [1.82, 2.24) is 19.7 Å². The minimum absolute atomic E-state index is 0.0653. The highest BCUT2D eigenvalue weighted by Gasteiger charge is 2.26. The second-order valence-electron chi connectivity index (χ2n) is 10.9. The van der Waals surface area contributed by atoms with E-state index in [1.54, 1.807) is 0 Å². The second-order valence-corrected chi connectivity index (χ2v) is 10.9. The molecular formula is C31H41N5O4. The van der Waals surface area contributed by atoms with Gasteiger partial charge in [-0.3, -0.25) is 14.6 Å². The van der Waals surface area contributed by atoms with E-state index in [-0.39, 0.29) is 5.91 Å². The van der Waals surface area contributed by atoms with Crippen LogP contribution in [0.1, 0.15) is 33.1 Å². The molecule has 2 saturated heterocycles. The van der Waals surface area contributed by atoms with Gasteiger partial charge >= 0.3 is 0 Å². The van der Waals surface area contributed by atoms with Gasteiger partial charge in [-0.1, -0.05) is 48.5 Å². The maximum Gasteiger partial charge on any atom is 0.275 e. The van der Waals surface area contributed by atoms with Crippen molar-refractivity contribution in [2.45, 2.75) is 33.1 Å². The highest BCUT2D eigenvalue weighted by Crippen LogP contribution is 2.26. The molecule has 40 heavy (non-hydrogen) atoms. The Morgan fingerprint density at radius 1 is 0.925 bits per heavy atom. The normalized spacial score (nSPS) is 17.8. The molecule has 1 N–H and O–H groups in total. The Bertz CT molecular complexity index is 1210. The first-order valence-electron chi connectivity index (χ1n) is 14.3. The van der Waals surface area contributed by atoms with Crippen molar-refractivity contribution in [3.63, 3.8) is 0 Å². The van der Waals surface area contributed by atoms with E-state index in [4.69, 9.17) is 9.15 Å². The molecule has 1 atom stereocenters. The number of nitrogens with zero attached hydrogens (tertiary/aromatic N) is 5. The van der Waals surface area contributed by atoms with E-state index in [1.165, 1.54) is 23.1 Å². The number of carbonyl (C=O) groups excluding carboxylic acids is 1. The number of amides is 1. The Kier molecular flexibility index (Phi) is 9.49. The fourth-order valence-corrected chi connectivity index (χ4v) is 5.64. The van der Waals surface area contributed by atoms with Crippen LogP contribution in [0.2, 0.25) is 0 Å². The molecule has 1 amide bonds. The van der Waals surface area contributed by atoms with Crippen LogP contribution in [0.3, 0.4) is 0 Å². The third-order valence-electron chi connectivity index (χ3n) is 7.81. The smallest absolute Gasteiger partial charge is 0.275 e. The van der Waals surface area contributed by atoms with Crippen LogP contribution in [0.5, 0.6) is 0 Å². The molecule has 5 rings (SSSR count). The molecule has 214 valence electrons. The lowest BCUT2D eigenvalue weighted by Gasteiger charge is -2.37. The monoisotopic (exact) mass is 547 g/mol. The van der Waals surface area contributed by atoms with Gasteiger partial charge in [0.25, 0.3) is 5.91 Å². The van der Waals surface area contributed by atoms with Gasteiger partial charge in [0.2, 0.25) is 5.89 Å². The molecule has 0 radical (unpaired) electrons. The summed E-state index contributed by atoms with van der Waals surface area (Å²) in [6.45, 7) is 12.6. The minimum atomic E-state index is -0.516. The summed E-state index contributed by atoms with van der Waals surface area (Å²) < 4.78 is 11.4. The largest absolute Gasteiger partial charge is 0.447 e. The molecule has 2 aliphatic heterocycles. The van der Waals surface area contributed by atoms with Crippen LogP contribution in [0.4, 0.5) is 5.69 Å². The van der Waals surface area contributed by atoms with E-state index in [0.717, 1.165) is 44.8 Å². The van der Waals surface area contributed by atoms with Gasteiger partial charge in [0.15, 0.2) is 5.69 Å². The fourth-order valence-electron chi connectivity index (χ4n) is 5.64. The van der Waals surface area contributed by atoms with Crippen LogP contribution < -0.4 is 4.90 Å². The standard InChI is InChI=1S/C31H41N5O4/c1-24-7-6-8-25(2)30(24)35-15-17-36(18-16-35)31(38)28-23-40-29(32-28)20-34-13-11-33(12-14-34)19-27(37)22-39-21-26-9-4-3-5-10-26/h3-10,23,27,37H,11-22H2,1-2H3. The number of ether oxygens (including phenoxy) is 1. The number of carbonyl (C=O) groups is 1. The van der Waals surface area contributed by atoms with Gasteiger partial charge in [0.1, 0.15) is 6.26 Å². The zero-order valence-corrected chi connectivity index (χ0v) is 23.7. The number of rotatable bonds is 10. The number of para-hydroxylation sites is 1. The van der Waals surface area contributed by atoms with Crippen molar-refractivity contribution in [3.8, 4) is 0 Å². The highest BCUT2D eigenvalue weighted by molar-refractivity contribution is 5.92. The molecule has 9 nitrogen and oxygen atoms in total. The van der Waals surface area contributed by atoms with Crippen LogP contribution in [-0.4, -0.2) is 102 Å². The van der Waals surface area contributed by atoms with Crippen LogP contribution >= 0.6 is 0 Å². The molecule has 1 aromatic heterocycles. The molecule has 0 bridgehead atoms. The lowest BCUT2D eigenvalue weighted by molar-refractivity contribution is 0.000371. The number of anilines is 1. The Hall–Kier alpha value is -3.24. The average molecular weight is 548 g/mol. The van der Waals surface area contributed by atoms with Gasteiger partial charge in [-0.25, -0.2) is 4.98 Å². The molecule has 0 aliphatic carbocycles. The number of β-amino-alcohol motifs (C(OH)–C–C–N with tert-alkyl or cyclic N) is 1. The van der Waals surface area contributed by atoms with Crippen molar-refractivity contribution in [2.24, 2.45) is 0 Å². The average Bonchev–Trinajstić information content (AvgIpc) is 3.43. The zero-order chi connectivity index (χ0) is 27.9. The van der Waals surface area contributed by atoms with E-state index in [2.05, 4.69) is 51.7 Å². The highest BCUT2D eigenvalue weighted by atomic mass is 16.5. The van der Waals surface area contributed by atoms with Gasteiger partial charge in [0.05, 0.1) is 25.9 Å². The number of aliphatic hydroxyl groups excluding tert-OH is 1. The van der Waals surface area contributed by atoms with Crippen LogP contribution in [-0.2, 0) is 17.9 Å².